The maximum absolute atomic E-state index is 2.35. The van der Waals surface area contributed by atoms with Crippen molar-refractivity contribution in [1.29, 1.82) is 0 Å². The fourth-order valence-corrected chi connectivity index (χ4v) is 5.37. The monoisotopic (exact) mass is 353 g/mol. The van der Waals surface area contributed by atoms with Crippen molar-refractivity contribution >= 4 is 7.92 Å². The summed E-state index contributed by atoms with van der Waals surface area (Å²) in [6, 6.07) is 0. The van der Waals surface area contributed by atoms with E-state index in [1.807, 2.05) is 0 Å². The number of hydrogen-bond donors (Lipinski definition) is 0. The minimum Gasteiger partial charge on any atom is -0.0988 e. The van der Waals surface area contributed by atoms with Crippen LogP contribution >= 0.6 is 7.92 Å². The largest absolute Gasteiger partial charge is 0.0988 e. The van der Waals surface area contributed by atoms with Crippen molar-refractivity contribution in [1.82, 2.24) is 0 Å². The van der Waals surface area contributed by atoms with E-state index in [2.05, 4.69) is 41.5 Å². The Morgan fingerprint density at radius 1 is 0.636 bits per heavy atom. The van der Waals surface area contributed by atoms with Crippen molar-refractivity contribution in [2.75, 3.05) is 0 Å². The van der Waals surface area contributed by atoms with Gasteiger partial charge < -0.3 is 0 Å². The molecule has 0 aliphatic heterocycles. The van der Waals surface area contributed by atoms with E-state index in [4.69, 9.17) is 0 Å². The topological polar surface area (TPSA) is 0 Å². The molecular formula is C9H21IrP. The van der Waals surface area contributed by atoms with Gasteiger partial charge in [-0.15, -0.1) is 0 Å². The smallest absolute Gasteiger partial charge is 0 e. The molecule has 0 aromatic heterocycles. The van der Waals surface area contributed by atoms with E-state index in [-0.39, 0.29) is 28.0 Å². The molecule has 0 atom stereocenters. The number of hydrogen-bond acceptors (Lipinski definition) is 0. The van der Waals surface area contributed by atoms with Crippen molar-refractivity contribution in [2.24, 2.45) is 0 Å². The zero-order valence-electron chi connectivity index (χ0n) is 8.51. The second kappa shape index (κ2) is 6.58. The molecule has 1 radical (unpaired) electrons. The Labute approximate surface area is 86.6 Å². The summed E-state index contributed by atoms with van der Waals surface area (Å²) in [5, 5.41) is 0. The molecule has 0 aromatic carbocycles. The zero-order valence-corrected chi connectivity index (χ0v) is 11.8. The summed E-state index contributed by atoms with van der Waals surface area (Å²) >= 11 is 0. The first-order chi connectivity index (χ1) is 4.46. The van der Waals surface area contributed by atoms with Gasteiger partial charge >= 0.3 is 0 Å². The van der Waals surface area contributed by atoms with E-state index in [1.54, 1.807) is 0 Å². The number of rotatable bonds is 3. The summed E-state index contributed by atoms with van der Waals surface area (Å²) in [5.41, 5.74) is 2.69. The molecule has 0 heterocycles. The van der Waals surface area contributed by atoms with Crippen LogP contribution in [0.4, 0.5) is 0 Å². The summed E-state index contributed by atoms with van der Waals surface area (Å²) in [4.78, 5) is 0. The minimum absolute atomic E-state index is 0. The molecule has 0 nitrogen and oxygen atoms in total. The Bertz CT molecular complexity index is 70.5. The molecule has 0 unspecified atom stereocenters. The summed E-state index contributed by atoms with van der Waals surface area (Å²) in [6.45, 7) is 14.1. The molecule has 0 spiro atoms. The third kappa shape index (κ3) is 5.34. The molecule has 2 heteroatoms. The van der Waals surface area contributed by atoms with E-state index in [1.165, 1.54) is 0 Å². The second-order valence-corrected chi connectivity index (χ2v) is 7.72. The normalized spacial score (nSPS) is 11.5. The maximum Gasteiger partial charge on any atom is 0 e. The molecule has 0 saturated carbocycles. The predicted octanol–water partition coefficient (Wildman–Crippen LogP) is 3.69. The zero-order chi connectivity index (χ0) is 8.31. The van der Waals surface area contributed by atoms with Crippen LogP contribution in [0.1, 0.15) is 41.5 Å². The van der Waals surface area contributed by atoms with Crippen molar-refractivity contribution in [3.05, 3.63) is 0 Å². The van der Waals surface area contributed by atoms with Gasteiger partial charge in [0.05, 0.1) is 0 Å². The van der Waals surface area contributed by atoms with Crippen LogP contribution in [0.2, 0.25) is 0 Å². The van der Waals surface area contributed by atoms with Crippen LogP contribution in [0, 0.1) is 0 Å². The van der Waals surface area contributed by atoms with Crippen LogP contribution in [-0.4, -0.2) is 17.0 Å². The molecule has 11 heavy (non-hydrogen) atoms. The van der Waals surface area contributed by atoms with Crippen LogP contribution in [0.15, 0.2) is 0 Å². The average Bonchev–Trinajstić information content (AvgIpc) is 1.59. The molecule has 0 aromatic rings. The average molecular weight is 352 g/mol. The molecule has 0 rings (SSSR count). The van der Waals surface area contributed by atoms with Gasteiger partial charge in [-0.05, 0) is 17.0 Å². The standard InChI is InChI=1S/C9H21P.Ir/c1-7(2)10(8(3)4)9(5)6;/h7-9H,1-6H3;. The molecule has 0 amide bonds. The predicted molar refractivity (Wildman–Crippen MR) is 52.3 cm³/mol. The van der Waals surface area contributed by atoms with E-state index >= 15 is 0 Å². The molecule has 0 saturated heterocycles. The fourth-order valence-electron chi connectivity index (χ4n) is 1.79. The Morgan fingerprint density at radius 2 is 0.818 bits per heavy atom. The van der Waals surface area contributed by atoms with Crippen molar-refractivity contribution < 1.29 is 20.1 Å². The summed E-state index contributed by atoms with van der Waals surface area (Å²) in [7, 11) is 0.262. The van der Waals surface area contributed by atoms with Gasteiger partial charge in [0, 0.05) is 20.1 Å². The summed E-state index contributed by atoms with van der Waals surface area (Å²) in [5.74, 6) is 0. The molecular weight excluding hydrogens is 331 g/mol. The molecule has 0 aliphatic rings. The second-order valence-electron chi connectivity index (χ2n) is 3.73. The van der Waals surface area contributed by atoms with Gasteiger partial charge in [-0.3, -0.25) is 0 Å². The Hall–Kier alpha value is 1.08. The summed E-state index contributed by atoms with van der Waals surface area (Å²) < 4.78 is 0. The van der Waals surface area contributed by atoms with Gasteiger partial charge in [-0.1, -0.05) is 49.5 Å². The quantitative estimate of drug-likeness (QED) is 0.680. The first-order valence-electron chi connectivity index (χ1n) is 4.24. The van der Waals surface area contributed by atoms with Gasteiger partial charge in [0.25, 0.3) is 0 Å². The fraction of sp³-hybridized carbons (Fsp3) is 1.00. The Kier molecular flexibility index (Phi) is 8.73. The molecule has 71 valence electrons. The third-order valence-electron chi connectivity index (χ3n) is 1.79. The molecule has 0 aliphatic carbocycles. The van der Waals surface area contributed by atoms with Crippen LogP contribution in [0.3, 0.4) is 0 Å². The van der Waals surface area contributed by atoms with Gasteiger partial charge in [0.2, 0.25) is 0 Å². The van der Waals surface area contributed by atoms with E-state index < -0.39 is 0 Å². The Balaban J connectivity index is 0. The molecule has 0 fully saturated rings. The van der Waals surface area contributed by atoms with Crippen LogP contribution in [0.5, 0.6) is 0 Å². The first kappa shape index (κ1) is 14.6. The van der Waals surface area contributed by atoms with E-state index in [0.29, 0.717) is 0 Å². The van der Waals surface area contributed by atoms with E-state index in [9.17, 15) is 0 Å². The minimum atomic E-state index is 0. The first-order valence-corrected chi connectivity index (χ1v) is 5.79. The molecule has 0 N–H and O–H groups in total. The van der Waals surface area contributed by atoms with Crippen LogP contribution < -0.4 is 0 Å². The van der Waals surface area contributed by atoms with Crippen molar-refractivity contribution in [2.45, 2.75) is 58.5 Å². The van der Waals surface area contributed by atoms with Gasteiger partial charge in [-0.25, -0.2) is 0 Å². The summed E-state index contributed by atoms with van der Waals surface area (Å²) in [6.07, 6.45) is 0. The van der Waals surface area contributed by atoms with Crippen molar-refractivity contribution in [3.63, 3.8) is 0 Å². The van der Waals surface area contributed by atoms with E-state index in [0.717, 1.165) is 17.0 Å². The third-order valence-corrected chi connectivity index (χ3v) is 5.37. The maximum atomic E-state index is 2.35. The van der Waals surface area contributed by atoms with Gasteiger partial charge in [0.15, 0.2) is 0 Å². The Morgan fingerprint density at radius 3 is 0.818 bits per heavy atom. The van der Waals surface area contributed by atoms with Crippen molar-refractivity contribution in [3.8, 4) is 0 Å². The SMILES string of the molecule is CC(C)P(C(C)C)C(C)C.[Ir]. The van der Waals surface area contributed by atoms with Gasteiger partial charge in [-0.2, -0.15) is 0 Å². The van der Waals surface area contributed by atoms with Crippen LogP contribution in [-0.2, 0) is 20.1 Å². The van der Waals surface area contributed by atoms with Gasteiger partial charge in [0.1, 0.15) is 0 Å². The van der Waals surface area contributed by atoms with Crippen LogP contribution in [0.25, 0.3) is 0 Å². The molecule has 0 bridgehead atoms.